The van der Waals surface area contributed by atoms with Crippen molar-refractivity contribution in [2.45, 2.75) is 25.4 Å². The zero-order valence-corrected chi connectivity index (χ0v) is 12.0. The second-order valence-corrected chi connectivity index (χ2v) is 5.20. The largest absolute Gasteiger partial charge is 0.399 e. The zero-order valence-electron chi connectivity index (χ0n) is 11.2. The van der Waals surface area contributed by atoms with Gasteiger partial charge in [0.2, 0.25) is 5.91 Å². The summed E-state index contributed by atoms with van der Waals surface area (Å²) in [7, 11) is 0. The van der Waals surface area contributed by atoms with E-state index in [1.807, 2.05) is 0 Å². The van der Waals surface area contributed by atoms with E-state index < -0.39 is 0 Å². The summed E-state index contributed by atoms with van der Waals surface area (Å²) in [5.74, 6) is -0.256. The molecular weight excluding hydrogens is 280 g/mol. The minimum absolute atomic E-state index is 0.0228. The third-order valence-electron chi connectivity index (χ3n) is 3.08. The van der Waals surface area contributed by atoms with Crippen LogP contribution in [0.3, 0.4) is 0 Å². The first-order valence-corrected chi connectivity index (χ1v) is 7.07. The van der Waals surface area contributed by atoms with Gasteiger partial charge in [-0.2, -0.15) is 0 Å². The first-order chi connectivity index (χ1) is 9.65. The summed E-state index contributed by atoms with van der Waals surface area (Å²) < 4.78 is 10.9. The lowest BCUT2D eigenvalue weighted by Gasteiger charge is -2.22. The topological polar surface area (TPSA) is 73.6 Å². The molecule has 0 spiro atoms. The van der Waals surface area contributed by atoms with Gasteiger partial charge in [-0.25, -0.2) is 0 Å². The fraction of sp³-hybridized carbons (Fsp3) is 0.500. The highest BCUT2D eigenvalue weighted by atomic mass is 35.5. The molecule has 110 valence electrons. The van der Waals surface area contributed by atoms with Crippen molar-refractivity contribution in [2.75, 3.05) is 30.9 Å². The van der Waals surface area contributed by atoms with Crippen LogP contribution < -0.4 is 11.1 Å². The number of benzene rings is 1. The van der Waals surface area contributed by atoms with Gasteiger partial charge in [-0.05, 0) is 37.5 Å². The maximum absolute atomic E-state index is 11.7. The van der Waals surface area contributed by atoms with Crippen molar-refractivity contribution < 1.29 is 14.3 Å². The van der Waals surface area contributed by atoms with Crippen molar-refractivity contribution >= 4 is 28.9 Å². The van der Waals surface area contributed by atoms with Crippen LogP contribution in [0.15, 0.2) is 18.2 Å². The number of halogens is 1. The van der Waals surface area contributed by atoms with E-state index in [4.69, 9.17) is 26.8 Å². The van der Waals surface area contributed by atoms with Crippen LogP contribution in [0.1, 0.15) is 19.3 Å². The predicted molar refractivity (Wildman–Crippen MR) is 78.9 cm³/mol. The highest BCUT2D eigenvalue weighted by Crippen LogP contribution is 2.23. The molecule has 1 heterocycles. The first kappa shape index (κ1) is 15.1. The van der Waals surface area contributed by atoms with E-state index in [1.165, 1.54) is 0 Å². The normalized spacial score (nSPS) is 18.8. The molecule has 0 saturated carbocycles. The molecule has 1 aliphatic heterocycles. The van der Waals surface area contributed by atoms with Crippen LogP contribution in [0.5, 0.6) is 0 Å². The fourth-order valence-electron chi connectivity index (χ4n) is 2.05. The summed E-state index contributed by atoms with van der Waals surface area (Å²) in [6.45, 7) is 1.20. The summed E-state index contributed by atoms with van der Waals surface area (Å²) in [6, 6.07) is 4.93. The number of nitrogens with one attached hydrogen (secondary N) is 1. The molecule has 0 aromatic heterocycles. The summed E-state index contributed by atoms with van der Waals surface area (Å²) in [6.07, 6.45) is 3.35. The number of hydrogen-bond acceptors (Lipinski definition) is 4. The third kappa shape index (κ3) is 4.67. The van der Waals surface area contributed by atoms with E-state index in [0.717, 1.165) is 25.9 Å². The van der Waals surface area contributed by atoms with Gasteiger partial charge in [-0.15, -0.1) is 0 Å². The highest BCUT2D eigenvalue weighted by Gasteiger charge is 2.14. The van der Waals surface area contributed by atoms with E-state index in [1.54, 1.807) is 18.2 Å². The van der Waals surface area contributed by atoms with E-state index in [0.29, 0.717) is 23.0 Å². The van der Waals surface area contributed by atoms with Crippen molar-refractivity contribution in [2.24, 2.45) is 0 Å². The van der Waals surface area contributed by atoms with Gasteiger partial charge < -0.3 is 20.5 Å². The second kappa shape index (κ2) is 7.47. The summed E-state index contributed by atoms with van der Waals surface area (Å²) in [4.78, 5) is 11.7. The van der Waals surface area contributed by atoms with Crippen LogP contribution in [-0.4, -0.2) is 31.8 Å². The number of carbonyl (C=O) groups is 1. The average Bonchev–Trinajstić information content (AvgIpc) is 2.44. The first-order valence-electron chi connectivity index (χ1n) is 6.69. The molecule has 1 saturated heterocycles. The number of rotatable bonds is 5. The Hall–Kier alpha value is -1.30. The minimum atomic E-state index is -0.256. The number of ether oxygens (including phenoxy) is 2. The Labute approximate surface area is 123 Å². The van der Waals surface area contributed by atoms with Crippen molar-refractivity contribution in [3.05, 3.63) is 23.2 Å². The molecule has 1 fully saturated rings. The van der Waals surface area contributed by atoms with Crippen molar-refractivity contribution in [1.29, 1.82) is 0 Å². The minimum Gasteiger partial charge on any atom is -0.399 e. The van der Waals surface area contributed by atoms with Crippen molar-refractivity contribution in [3.8, 4) is 0 Å². The Morgan fingerprint density at radius 1 is 1.50 bits per heavy atom. The SMILES string of the molecule is Nc1ccc(Cl)c(NC(=O)COCC2CCCCO2)c1. The number of hydrogen-bond donors (Lipinski definition) is 2. The standard InChI is InChI=1S/C14H19ClN2O3/c15-12-5-4-10(16)7-13(12)17-14(18)9-19-8-11-3-1-2-6-20-11/h4-5,7,11H,1-3,6,8-9,16H2,(H,17,18). The maximum Gasteiger partial charge on any atom is 0.250 e. The molecule has 6 heteroatoms. The number of anilines is 2. The molecule has 20 heavy (non-hydrogen) atoms. The summed E-state index contributed by atoms with van der Waals surface area (Å²) >= 11 is 5.96. The smallest absolute Gasteiger partial charge is 0.250 e. The molecule has 0 bridgehead atoms. The van der Waals surface area contributed by atoms with Gasteiger partial charge in [0, 0.05) is 12.3 Å². The van der Waals surface area contributed by atoms with Gasteiger partial charge in [0.25, 0.3) is 0 Å². The van der Waals surface area contributed by atoms with Crippen molar-refractivity contribution in [3.63, 3.8) is 0 Å². The number of amides is 1. The zero-order chi connectivity index (χ0) is 14.4. The Bertz CT molecular complexity index is 462. The molecule has 1 unspecified atom stereocenters. The molecule has 0 aliphatic carbocycles. The van der Waals surface area contributed by atoms with Crippen LogP contribution in [0.25, 0.3) is 0 Å². The van der Waals surface area contributed by atoms with Gasteiger partial charge in [0.15, 0.2) is 0 Å². The second-order valence-electron chi connectivity index (χ2n) is 4.79. The lowest BCUT2D eigenvalue weighted by Crippen LogP contribution is -2.27. The van der Waals surface area contributed by atoms with E-state index in [-0.39, 0.29) is 18.6 Å². The van der Waals surface area contributed by atoms with Crippen LogP contribution in [0.4, 0.5) is 11.4 Å². The monoisotopic (exact) mass is 298 g/mol. The Morgan fingerprint density at radius 2 is 2.35 bits per heavy atom. The Balaban J connectivity index is 1.73. The lowest BCUT2D eigenvalue weighted by atomic mass is 10.1. The highest BCUT2D eigenvalue weighted by molar-refractivity contribution is 6.33. The van der Waals surface area contributed by atoms with Crippen LogP contribution >= 0.6 is 11.6 Å². The molecular formula is C14H19ClN2O3. The quantitative estimate of drug-likeness (QED) is 0.819. The third-order valence-corrected chi connectivity index (χ3v) is 3.40. The molecule has 1 aliphatic rings. The molecule has 1 aromatic carbocycles. The fourth-order valence-corrected chi connectivity index (χ4v) is 2.21. The van der Waals surface area contributed by atoms with E-state index in [9.17, 15) is 4.79 Å². The molecule has 3 N–H and O–H groups in total. The molecule has 1 atom stereocenters. The Morgan fingerprint density at radius 3 is 3.10 bits per heavy atom. The summed E-state index contributed by atoms with van der Waals surface area (Å²) in [5, 5.41) is 3.12. The molecule has 5 nitrogen and oxygen atoms in total. The van der Waals surface area contributed by atoms with Crippen molar-refractivity contribution in [1.82, 2.24) is 0 Å². The van der Waals surface area contributed by atoms with Gasteiger partial charge >= 0.3 is 0 Å². The Kier molecular flexibility index (Phi) is 5.64. The van der Waals surface area contributed by atoms with Gasteiger partial charge in [0.1, 0.15) is 6.61 Å². The molecule has 0 radical (unpaired) electrons. The maximum atomic E-state index is 11.7. The molecule has 2 rings (SSSR count). The average molecular weight is 299 g/mol. The predicted octanol–water partition coefficient (Wildman–Crippen LogP) is 2.45. The van der Waals surface area contributed by atoms with Gasteiger partial charge in [-0.3, -0.25) is 4.79 Å². The number of nitrogen functional groups attached to an aromatic ring is 1. The van der Waals surface area contributed by atoms with Gasteiger partial charge in [0.05, 0.1) is 23.4 Å². The van der Waals surface area contributed by atoms with E-state index >= 15 is 0 Å². The van der Waals surface area contributed by atoms with Crippen LogP contribution in [-0.2, 0) is 14.3 Å². The van der Waals surface area contributed by atoms with E-state index in [2.05, 4.69) is 5.32 Å². The lowest BCUT2D eigenvalue weighted by molar-refractivity contribution is -0.122. The number of carbonyl (C=O) groups excluding carboxylic acids is 1. The molecule has 1 amide bonds. The van der Waals surface area contributed by atoms with Crippen LogP contribution in [0.2, 0.25) is 5.02 Å². The van der Waals surface area contributed by atoms with Gasteiger partial charge in [-0.1, -0.05) is 11.6 Å². The summed E-state index contributed by atoms with van der Waals surface area (Å²) in [5.41, 5.74) is 6.68. The number of nitrogens with two attached hydrogens (primary N) is 1. The van der Waals surface area contributed by atoms with Crippen LogP contribution in [0, 0.1) is 0 Å². The molecule has 1 aromatic rings.